The molecule has 358 valence electrons. The van der Waals surface area contributed by atoms with Crippen LogP contribution in [0.2, 0.25) is 0 Å². The van der Waals surface area contributed by atoms with E-state index in [-0.39, 0.29) is 51.0 Å². The van der Waals surface area contributed by atoms with Gasteiger partial charge >= 0.3 is 23.9 Å². The van der Waals surface area contributed by atoms with Crippen molar-refractivity contribution < 1.29 is 53.1 Å². The van der Waals surface area contributed by atoms with Crippen LogP contribution in [0.4, 0.5) is 0 Å². The van der Waals surface area contributed by atoms with Crippen molar-refractivity contribution in [3.05, 3.63) is 0 Å². The van der Waals surface area contributed by atoms with Crippen LogP contribution in [0.25, 0.3) is 0 Å². The van der Waals surface area contributed by atoms with Crippen LogP contribution >= 0.6 is 0 Å². The van der Waals surface area contributed by atoms with Crippen molar-refractivity contribution in [1.29, 1.82) is 0 Å². The molecule has 13 heteroatoms. The quantitative estimate of drug-likeness (QED) is 0.0337. The van der Waals surface area contributed by atoms with E-state index in [4.69, 9.17) is 18.9 Å². The minimum Gasteiger partial charge on any atom is -0.480 e. The number of hydrogen-bond acceptors (Lipinski definition) is 11. The molecule has 0 aromatic carbocycles. The van der Waals surface area contributed by atoms with Crippen LogP contribution in [0.1, 0.15) is 200 Å². The van der Waals surface area contributed by atoms with E-state index in [1.54, 1.807) is 0 Å². The minimum atomic E-state index is -1.21. The lowest BCUT2D eigenvalue weighted by atomic mass is 10.1. The molecule has 0 aliphatic carbocycles. The number of nitrogens with zero attached hydrogens (tertiary/aromatic N) is 2. The van der Waals surface area contributed by atoms with Crippen molar-refractivity contribution in [3.8, 4) is 0 Å². The zero-order valence-corrected chi connectivity index (χ0v) is 38.9. The molecule has 0 bridgehead atoms. The molecule has 61 heavy (non-hydrogen) atoms. The highest BCUT2D eigenvalue weighted by Gasteiger charge is 2.26. The largest absolute Gasteiger partial charge is 0.480 e. The highest BCUT2D eigenvalue weighted by atomic mass is 16.6. The molecule has 0 rings (SSSR count). The van der Waals surface area contributed by atoms with Crippen LogP contribution in [0, 0.1) is 0 Å². The van der Waals surface area contributed by atoms with Crippen molar-refractivity contribution in [3.63, 3.8) is 0 Å². The molecule has 1 unspecified atom stereocenters. The zero-order chi connectivity index (χ0) is 44.9. The summed E-state index contributed by atoms with van der Waals surface area (Å²) in [6, 6.07) is -1.12. The first-order chi connectivity index (χ1) is 29.7. The number of aliphatic carboxylic acids is 2. The lowest BCUT2D eigenvalue weighted by Gasteiger charge is -2.26. The molecule has 0 fully saturated rings. The Morgan fingerprint density at radius 2 is 0.885 bits per heavy atom. The van der Waals surface area contributed by atoms with E-state index in [1.807, 2.05) is 4.90 Å². The smallest absolute Gasteiger partial charge is 0.320 e. The Balaban J connectivity index is 4.47. The maximum Gasteiger partial charge on any atom is 0.320 e. The Kier molecular flexibility index (Phi) is 43.5. The molecular formula is C48H90N2O11. The molecule has 13 nitrogen and oxygen atoms in total. The maximum atomic E-state index is 12.6. The van der Waals surface area contributed by atoms with Gasteiger partial charge in [-0.05, 0) is 32.2 Å². The molecule has 0 heterocycles. The zero-order valence-electron chi connectivity index (χ0n) is 38.9. The fourth-order valence-electron chi connectivity index (χ4n) is 7.41. The van der Waals surface area contributed by atoms with Crippen molar-refractivity contribution in [2.45, 2.75) is 206 Å². The predicted octanol–water partition coefficient (Wildman–Crippen LogP) is 9.80. The number of rotatable bonds is 49. The minimum absolute atomic E-state index is 0.115. The number of carboxylic acids is 2. The third kappa shape index (κ3) is 41.2. The van der Waals surface area contributed by atoms with Gasteiger partial charge in [0.05, 0.1) is 39.1 Å². The predicted molar refractivity (Wildman–Crippen MR) is 242 cm³/mol. The van der Waals surface area contributed by atoms with Crippen molar-refractivity contribution in [2.75, 3.05) is 72.4 Å². The molecule has 0 amide bonds. The standard InChI is InChI=1S/C48H90N2O11/c1-3-5-7-9-11-13-15-17-19-21-23-27-37-58-39-41-60-46(54)30-33-49(32-26-25-29-44(48(56)57)50(35-36-51)43-45(52)53)34-31-47(55)61-42-40-59-38-28-24-22-20-18-16-14-12-10-8-6-4-2/h36,44H,3-35,37-43H2,1-2H3,(H,52,53)(H,56,57). The Morgan fingerprint density at radius 1 is 0.492 bits per heavy atom. The molecule has 0 radical (unpaired) electrons. The number of unbranched alkanes of at least 4 members (excludes halogenated alkanes) is 23. The van der Waals surface area contributed by atoms with Gasteiger partial charge in [-0.3, -0.25) is 24.1 Å². The number of carboxylic acid groups (broad SMARTS) is 2. The third-order valence-electron chi connectivity index (χ3n) is 11.1. The summed E-state index contributed by atoms with van der Waals surface area (Å²) in [5, 5.41) is 18.9. The van der Waals surface area contributed by atoms with Gasteiger partial charge in [-0.1, -0.05) is 162 Å². The number of carbonyl (C=O) groups is 5. The van der Waals surface area contributed by atoms with Crippen LogP contribution in [0.3, 0.4) is 0 Å². The molecule has 0 aromatic rings. The van der Waals surface area contributed by atoms with E-state index >= 15 is 0 Å². The highest BCUT2D eigenvalue weighted by Crippen LogP contribution is 2.14. The normalized spacial score (nSPS) is 11.9. The summed E-state index contributed by atoms with van der Waals surface area (Å²) in [5.41, 5.74) is 0. The van der Waals surface area contributed by atoms with Gasteiger partial charge in [0.2, 0.25) is 0 Å². The van der Waals surface area contributed by atoms with Crippen LogP contribution in [-0.2, 0) is 42.9 Å². The van der Waals surface area contributed by atoms with E-state index in [0.29, 0.717) is 65.2 Å². The van der Waals surface area contributed by atoms with Gasteiger partial charge in [0.15, 0.2) is 0 Å². The van der Waals surface area contributed by atoms with Crippen LogP contribution in [0.15, 0.2) is 0 Å². The van der Waals surface area contributed by atoms with E-state index in [1.165, 1.54) is 128 Å². The molecule has 1 atom stereocenters. The van der Waals surface area contributed by atoms with Gasteiger partial charge in [-0.2, -0.15) is 0 Å². The Labute approximate surface area is 370 Å². The average molecular weight is 871 g/mol. The SMILES string of the molecule is CCCCCCCCCCCCCCOCCOC(=O)CCN(CCCCC(C(=O)O)N(CC=O)CC(=O)O)CCC(=O)OCCOCCCCCCCCCCCCCC. The molecule has 0 aliphatic heterocycles. The monoisotopic (exact) mass is 871 g/mol. The van der Waals surface area contributed by atoms with E-state index in [9.17, 15) is 34.2 Å². The van der Waals surface area contributed by atoms with E-state index in [2.05, 4.69) is 13.8 Å². The summed E-state index contributed by atoms with van der Waals surface area (Å²) >= 11 is 0. The molecular weight excluding hydrogens is 781 g/mol. The fraction of sp³-hybridized carbons (Fsp3) is 0.896. The Hall–Kier alpha value is -2.61. The number of aldehydes is 1. The molecule has 0 aromatic heterocycles. The first-order valence-corrected chi connectivity index (χ1v) is 24.6. The van der Waals surface area contributed by atoms with Gasteiger partial charge in [0.25, 0.3) is 0 Å². The first kappa shape index (κ1) is 58.4. The van der Waals surface area contributed by atoms with Crippen molar-refractivity contribution in [2.24, 2.45) is 0 Å². The van der Waals surface area contributed by atoms with Gasteiger partial charge in [0, 0.05) is 26.3 Å². The van der Waals surface area contributed by atoms with Gasteiger partial charge in [-0.15, -0.1) is 0 Å². The fourth-order valence-corrected chi connectivity index (χ4v) is 7.41. The van der Waals surface area contributed by atoms with Crippen LogP contribution in [-0.4, -0.2) is 129 Å². The van der Waals surface area contributed by atoms with E-state index < -0.39 is 24.5 Å². The second-order valence-electron chi connectivity index (χ2n) is 16.6. The van der Waals surface area contributed by atoms with Crippen LogP contribution < -0.4 is 0 Å². The van der Waals surface area contributed by atoms with E-state index in [0.717, 1.165) is 30.6 Å². The molecule has 2 N–H and O–H groups in total. The summed E-state index contributed by atoms with van der Waals surface area (Å²) in [4.78, 5) is 62.5. The van der Waals surface area contributed by atoms with Gasteiger partial charge in [0.1, 0.15) is 25.5 Å². The summed E-state index contributed by atoms with van der Waals surface area (Å²) in [5.74, 6) is -3.14. The van der Waals surface area contributed by atoms with Crippen molar-refractivity contribution in [1.82, 2.24) is 9.80 Å². The highest BCUT2D eigenvalue weighted by molar-refractivity contribution is 5.76. The van der Waals surface area contributed by atoms with Gasteiger partial charge < -0.3 is 38.9 Å². The summed E-state index contributed by atoms with van der Waals surface area (Å²) in [6.07, 6.45) is 32.6. The topological polar surface area (TPSA) is 169 Å². The Morgan fingerprint density at radius 3 is 1.25 bits per heavy atom. The number of hydrogen-bond donors (Lipinski definition) is 2. The average Bonchev–Trinajstić information content (AvgIpc) is 3.23. The molecule has 0 aliphatic rings. The maximum absolute atomic E-state index is 12.6. The van der Waals surface area contributed by atoms with Crippen molar-refractivity contribution >= 4 is 30.2 Å². The second kappa shape index (κ2) is 45.4. The number of esters is 2. The molecule has 0 spiro atoms. The van der Waals surface area contributed by atoms with Gasteiger partial charge in [-0.25, -0.2) is 0 Å². The lowest BCUT2D eigenvalue weighted by Crippen LogP contribution is -2.45. The molecule has 0 saturated carbocycles. The lowest BCUT2D eigenvalue weighted by molar-refractivity contribution is -0.148. The first-order valence-electron chi connectivity index (χ1n) is 24.6. The number of ether oxygens (including phenoxy) is 4. The summed E-state index contributed by atoms with van der Waals surface area (Å²) < 4.78 is 22.1. The third-order valence-corrected chi connectivity index (χ3v) is 11.1. The summed E-state index contributed by atoms with van der Waals surface area (Å²) in [6.45, 7) is 7.14. The number of carbonyl (C=O) groups excluding carboxylic acids is 3. The molecule has 0 saturated heterocycles. The summed E-state index contributed by atoms with van der Waals surface area (Å²) in [7, 11) is 0. The Bertz CT molecular complexity index is 995. The van der Waals surface area contributed by atoms with Crippen LogP contribution in [0.5, 0.6) is 0 Å². The second-order valence-corrected chi connectivity index (χ2v) is 16.6.